The van der Waals surface area contributed by atoms with Crippen molar-refractivity contribution < 1.29 is 14.3 Å². The van der Waals surface area contributed by atoms with Crippen LogP contribution < -0.4 is 4.74 Å². The van der Waals surface area contributed by atoms with Crippen LogP contribution in [0.5, 0.6) is 5.75 Å². The zero-order chi connectivity index (χ0) is 14.1. The van der Waals surface area contributed by atoms with E-state index < -0.39 is 5.97 Å². The number of carbonyl (C=O) groups excluding carboxylic acids is 1. The first-order chi connectivity index (χ1) is 9.67. The molecule has 1 fully saturated rings. The zero-order valence-corrected chi connectivity index (χ0v) is 12.2. The van der Waals surface area contributed by atoms with E-state index in [0.29, 0.717) is 6.10 Å². The molecule has 1 aromatic heterocycles. The summed E-state index contributed by atoms with van der Waals surface area (Å²) in [6.07, 6.45) is 2.60. The summed E-state index contributed by atoms with van der Waals surface area (Å²) in [5.41, 5.74) is 2.04. The molecule has 0 N–H and O–H groups in total. The number of rotatable bonds is 4. The molecule has 1 aromatic carbocycles. The molecule has 5 nitrogen and oxygen atoms in total. The predicted octanol–water partition coefficient (Wildman–Crippen LogP) is 1.81. The molecule has 1 heterocycles. The van der Waals surface area contributed by atoms with Crippen LogP contribution in [0.4, 0.5) is 0 Å². The van der Waals surface area contributed by atoms with Gasteiger partial charge in [-0.25, -0.2) is 4.79 Å². The molecule has 1 aliphatic carbocycles. The number of ether oxygens (including phenoxy) is 2. The summed E-state index contributed by atoms with van der Waals surface area (Å²) in [5, 5.41) is 4.12. The van der Waals surface area contributed by atoms with Crippen LogP contribution in [0.15, 0.2) is 30.3 Å². The third-order valence-electron chi connectivity index (χ3n) is 3.09. The van der Waals surface area contributed by atoms with E-state index in [1.165, 1.54) is 7.11 Å². The molecule has 100 valence electrons. The minimum Gasteiger partial charge on any atom is -0.490 e. The van der Waals surface area contributed by atoms with Crippen LogP contribution in [0.1, 0.15) is 23.3 Å². The minimum absolute atomic E-state index is 0.283. The van der Waals surface area contributed by atoms with E-state index in [4.69, 9.17) is 4.74 Å². The fourth-order valence-electron chi connectivity index (χ4n) is 1.92. The van der Waals surface area contributed by atoms with Crippen molar-refractivity contribution in [3.05, 3.63) is 36.0 Å². The molecule has 0 bridgehead atoms. The molecule has 1 saturated carbocycles. The molecule has 0 aliphatic heterocycles. The largest absolute Gasteiger partial charge is 0.490 e. The molecule has 0 amide bonds. The van der Waals surface area contributed by atoms with E-state index in [1.807, 2.05) is 24.3 Å². The minimum atomic E-state index is -0.446. The van der Waals surface area contributed by atoms with Crippen molar-refractivity contribution in [3.8, 4) is 17.0 Å². The highest BCUT2D eigenvalue weighted by molar-refractivity contribution is 6.08. The number of aromatic nitrogens is 2. The lowest BCUT2D eigenvalue weighted by molar-refractivity contribution is 0.0593. The number of methoxy groups -OCH3 is 1. The lowest BCUT2D eigenvalue weighted by Crippen LogP contribution is -2.03. The number of esters is 1. The van der Waals surface area contributed by atoms with Gasteiger partial charge in [-0.2, -0.15) is 5.10 Å². The molecule has 0 unspecified atom stereocenters. The summed E-state index contributed by atoms with van der Waals surface area (Å²) in [6, 6.07) is 9.49. The Morgan fingerprint density at radius 3 is 2.90 bits per heavy atom. The van der Waals surface area contributed by atoms with Crippen molar-refractivity contribution in [1.29, 1.82) is 0 Å². The molecule has 0 saturated heterocycles. The average molecular weight is 284 g/mol. The van der Waals surface area contributed by atoms with Crippen molar-refractivity contribution >= 4 is 22.5 Å². The Labute approximate surface area is 125 Å². The van der Waals surface area contributed by atoms with Crippen LogP contribution in [-0.2, 0) is 4.74 Å². The van der Waals surface area contributed by atoms with Gasteiger partial charge in [0.2, 0.25) is 0 Å². The van der Waals surface area contributed by atoms with Crippen molar-refractivity contribution in [3.63, 3.8) is 0 Å². The van der Waals surface area contributed by atoms with Crippen LogP contribution in [-0.4, -0.2) is 44.5 Å². The van der Waals surface area contributed by atoms with Gasteiger partial charge in [-0.3, -0.25) is 0 Å². The summed E-state index contributed by atoms with van der Waals surface area (Å²) in [5.74, 6) is 0.397. The maximum absolute atomic E-state index is 11.5. The Balaban J connectivity index is 1.91. The zero-order valence-electron chi connectivity index (χ0n) is 11.1. The van der Waals surface area contributed by atoms with E-state index in [0.717, 1.165) is 29.8 Å². The van der Waals surface area contributed by atoms with Crippen LogP contribution in [0.3, 0.4) is 0 Å². The maximum Gasteiger partial charge on any atom is 0.358 e. The molecule has 0 spiro atoms. The van der Waals surface area contributed by atoms with Gasteiger partial charge < -0.3 is 13.1 Å². The van der Waals surface area contributed by atoms with Gasteiger partial charge in [0.25, 0.3) is 0 Å². The second-order valence-electron chi connectivity index (χ2n) is 4.70. The fraction of sp³-hybridized carbons (Fsp3) is 0.286. The van der Waals surface area contributed by atoms with E-state index in [-0.39, 0.29) is 5.69 Å². The van der Waals surface area contributed by atoms with Crippen molar-refractivity contribution in [2.75, 3.05) is 7.11 Å². The summed E-state index contributed by atoms with van der Waals surface area (Å²) in [6.45, 7) is 0. The normalized spacial score (nSPS) is 14.1. The lowest BCUT2D eigenvalue weighted by atomic mass is 10.1. The van der Waals surface area contributed by atoms with E-state index >= 15 is 0 Å². The summed E-state index contributed by atoms with van der Waals surface area (Å²) < 4.78 is 12.0. The first-order valence-corrected chi connectivity index (χ1v) is 6.89. The maximum atomic E-state index is 11.5. The summed E-state index contributed by atoms with van der Waals surface area (Å²) in [7, 11) is 1.34. The Morgan fingerprint density at radius 2 is 2.20 bits per heavy atom. The van der Waals surface area contributed by atoms with Gasteiger partial charge in [-0.1, -0.05) is 12.1 Å². The van der Waals surface area contributed by atoms with Gasteiger partial charge in [0.15, 0.2) is 5.69 Å². The SMILES string of the molecule is COC(=O)c1cc(-c2cccc(OC3CC3)c2)[n]([Al])n1. The summed E-state index contributed by atoms with van der Waals surface area (Å²) >= 11 is 2.47. The molecule has 20 heavy (non-hydrogen) atoms. The number of carbonyl (C=O) groups is 1. The third-order valence-corrected chi connectivity index (χ3v) is 3.48. The van der Waals surface area contributed by atoms with E-state index in [9.17, 15) is 4.79 Å². The fourth-order valence-corrected chi connectivity index (χ4v) is 2.27. The van der Waals surface area contributed by atoms with Gasteiger partial charge >= 0.3 is 22.5 Å². The van der Waals surface area contributed by atoms with Gasteiger partial charge in [0.1, 0.15) is 5.75 Å². The molecular weight excluding hydrogens is 271 g/mol. The standard InChI is InChI=1S/C14H14N2O3.Al/c1-18-14(17)13-8-12(15-16-13)9-3-2-4-11(7-9)19-10-5-6-10;/h2-4,7-8,10H,5-6H2,1H3,(H,15,16,17);/q;+1/p-1. The molecule has 3 rings (SSSR count). The quantitative estimate of drug-likeness (QED) is 0.634. The highest BCUT2D eigenvalue weighted by Gasteiger charge is 2.23. The Morgan fingerprint density at radius 1 is 1.40 bits per heavy atom. The van der Waals surface area contributed by atoms with E-state index in [1.54, 1.807) is 9.73 Å². The lowest BCUT2D eigenvalue weighted by Gasteiger charge is -2.07. The Bertz CT molecular complexity index is 650. The van der Waals surface area contributed by atoms with Gasteiger partial charge in [-0.05, 0) is 31.0 Å². The van der Waals surface area contributed by atoms with Crippen molar-refractivity contribution in [2.45, 2.75) is 18.9 Å². The molecule has 2 radical (unpaired) electrons. The first kappa shape index (κ1) is 13.2. The van der Waals surface area contributed by atoms with E-state index in [2.05, 4.69) is 26.3 Å². The molecule has 6 heteroatoms. The van der Waals surface area contributed by atoms with Crippen LogP contribution in [0.2, 0.25) is 0 Å². The highest BCUT2D eigenvalue weighted by Crippen LogP contribution is 2.29. The topological polar surface area (TPSA) is 53.4 Å². The molecular formula is C14H13AlN2O3. The second-order valence-corrected chi connectivity index (χ2v) is 5.19. The number of hydrogen-bond acceptors (Lipinski definition) is 4. The molecule has 2 aromatic rings. The Hall–Kier alpha value is -1.77. The summed E-state index contributed by atoms with van der Waals surface area (Å²) in [4.78, 5) is 11.5. The highest BCUT2D eigenvalue weighted by atomic mass is 27.1. The van der Waals surface area contributed by atoms with Gasteiger partial charge in [0.05, 0.1) is 13.2 Å². The third kappa shape index (κ3) is 2.72. The van der Waals surface area contributed by atoms with Crippen molar-refractivity contribution in [2.24, 2.45) is 0 Å². The number of benzene rings is 1. The van der Waals surface area contributed by atoms with Crippen LogP contribution in [0, 0.1) is 0 Å². The average Bonchev–Trinajstić information content (AvgIpc) is 3.18. The monoisotopic (exact) mass is 284 g/mol. The second kappa shape index (κ2) is 5.31. The van der Waals surface area contributed by atoms with Crippen LogP contribution in [0.25, 0.3) is 11.3 Å². The first-order valence-electron chi connectivity index (χ1n) is 6.38. The molecule has 1 aliphatic rings. The van der Waals surface area contributed by atoms with Crippen LogP contribution >= 0.6 is 0 Å². The Kier molecular flexibility index (Phi) is 3.51. The van der Waals surface area contributed by atoms with Crippen molar-refractivity contribution in [1.82, 2.24) is 8.76 Å². The molecule has 0 atom stereocenters. The smallest absolute Gasteiger partial charge is 0.358 e. The number of hydrogen-bond donors (Lipinski definition) is 0. The van der Waals surface area contributed by atoms with Gasteiger partial charge in [0, 0.05) is 11.3 Å². The number of nitrogens with zero attached hydrogens (tertiary/aromatic N) is 2. The van der Waals surface area contributed by atoms with Gasteiger partial charge in [-0.15, -0.1) is 0 Å². The predicted molar refractivity (Wildman–Crippen MR) is 73.8 cm³/mol.